The van der Waals surface area contributed by atoms with E-state index >= 15 is 0 Å². The van der Waals surface area contributed by atoms with Crippen molar-refractivity contribution in [1.29, 1.82) is 0 Å². The smallest absolute Gasteiger partial charge is 0.239 e. The summed E-state index contributed by atoms with van der Waals surface area (Å²) in [5, 5.41) is 8.11. The first kappa shape index (κ1) is 13.0. The second kappa shape index (κ2) is 4.84. The lowest BCUT2D eigenvalue weighted by Crippen LogP contribution is -2.36. The zero-order valence-corrected chi connectivity index (χ0v) is 10.5. The van der Waals surface area contributed by atoms with Gasteiger partial charge >= 0.3 is 0 Å². The maximum absolute atomic E-state index is 11.9. The molecule has 1 aromatic rings. The average Bonchev–Trinajstić information content (AvgIpc) is 2.28. The van der Waals surface area contributed by atoms with Gasteiger partial charge in [0.1, 0.15) is 5.25 Å². The molecule has 0 heterocycles. The summed E-state index contributed by atoms with van der Waals surface area (Å²) < 4.78 is 25.0. The molecule has 5 heteroatoms. The van der Waals surface area contributed by atoms with Crippen LogP contribution in [0.25, 0.3) is 0 Å². The van der Waals surface area contributed by atoms with Crippen LogP contribution in [0.2, 0.25) is 0 Å². The third-order valence-electron chi connectivity index (χ3n) is 2.54. The highest BCUT2D eigenvalue weighted by Crippen LogP contribution is 2.19. The molecule has 16 heavy (non-hydrogen) atoms. The van der Waals surface area contributed by atoms with Crippen LogP contribution in [0, 0.1) is 6.92 Å². The molecule has 1 aromatic carbocycles. The van der Waals surface area contributed by atoms with Crippen LogP contribution in [0.3, 0.4) is 0 Å². The van der Waals surface area contributed by atoms with Crippen molar-refractivity contribution in [2.75, 3.05) is 18.0 Å². The molecule has 0 amide bonds. The molecule has 0 saturated carbocycles. The summed E-state index contributed by atoms with van der Waals surface area (Å²) in [6, 6.07) is 7.20. The van der Waals surface area contributed by atoms with Gasteiger partial charge in [-0.05, 0) is 26.0 Å². The Bertz CT molecular complexity index is 439. The Balaban J connectivity index is 3.02. The van der Waals surface area contributed by atoms with Gasteiger partial charge in [-0.1, -0.05) is 17.7 Å². The highest BCUT2D eigenvalue weighted by atomic mass is 32.2. The number of aliphatic hydroxyl groups excluding tert-OH is 1. The van der Waals surface area contributed by atoms with Crippen molar-refractivity contribution in [1.82, 2.24) is 0 Å². The van der Waals surface area contributed by atoms with E-state index in [0.29, 0.717) is 5.69 Å². The van der Waals surface area contributed by atoms with Gasteiger partial charge in [0.25, 0.3) is 0 Å². The lowest BCUT2D eigenvalue weighted by Gasteiger charge is -2.22. The van der Waals surface area contributed by atoms with Crippen molar-refractivity contribution in [3.63, 3.8) is 0 Å². The lowest BCUT2D eigenvalue weighted by molar-refractivity contribution is 0.295. The van der Waals surface area contributed by atoms with Crippen LogP contribution in [-0.4, -0.2) is 32.4 Å². The number of sulfonamides is 1. The summed E-state index contributed by atoms with van der Waals surface area (Å²) in [5.74, 6) is 0. The van der Waals surface area contributed by atoms with E-state index in [1.54, 1.807) is 12.1 Å². The van der Waals surface area contributed by atoms with Gasteiger partial charge in [-0.3, -0.25) is 4.31 Å². The van der Waals surface area contributed by atoms with Crippen LogP contribution in [0.4, 0.5) is 5.69 Å². The van der Waals surface area contributed by atoms with Crippen molar-refractivity contribution >= 4 is 15.7 Å². The standard InChI is InChI=1S/C11H17NO3S/c1-9-4-6-11(7-5-9)12(3)16(14,15)10(2)8-13/h4-7,10,13H,8H2,1-3H3. The highest BCUT2D eigenvalue weighted by molar-refractivity contribution is 7.93. The number of anilines is 1. The molecule has 1 N–H and O–H groups in total. The summed E-state index contributed by atoms with van der Waals surface area (Å²) in [6.45, 7) is 3.05. The average molecular weight is 243 g/mol. The SMILES string of the molecule is Cc1ccc(N(C)S(=O)(=O)C(C)CO)cc1. The molecule has 1 unspecified atom stereocenters. The van der Waals surface area contributed by atoms with Crippen LogP contribution < -0.4 is 4.31 Å². The molecular formula is C11H17NO3S. The third kappa shape index (κ3) is 2.54. The monoisotopic (exact) mass is 243 g/mol. The number of benzene rings is 1. The van der Waals surface area contributed by atoms with Gasteiger partial charge in [-0.15, -0.1) is 0 Å². The van der Waals surface area contributed by atoms with Gasteiger partial charge in [0, 0.05) is 7.05 Å². The zero-order valence-electron chi connectivity index (χ0n) is 9.71. The van der Waals surface area contributed by atoms with Gasteiger partial charge in [0.2, 0.25) is 10.0 Å². The highest BCUT2D eigenvalue weighted by Gasteiger charge is 2.25. The van der Waals surface area contributed by atoms with Crippen molar-refractivity contribution in [3.05, 3.63) is 29.8 Å². The number of nitrogens with zero attached hydrogens (tertiary/aromatic N) is 1. The van der Waals surface area contributed by atoms with Crippen LogP contribution >= 0.6 is 0 Å². The minimum absolute atomic E-state index is 0.376. The second-order valence-corrected chi connectivity index (χ2v) is 6.22. The molecule has 1 atom stereocenters. The fourth-order valence-electron chi connectivity index (χ4n) is 1.27. The summed E-state index contributed by atoms with van der Waals surface area (Å²) in [7, 11) is -1.98. The molecule has 0 radical (unpaired) electrons. The van der Waals surface area contributed by atoms with E-state index in [1.807, 2.05) is 19.1 Å². The molecule has 4 nitrogen and oxygen atoms in total. The van der Waals surface area contributed by atoms with E-state index in [9.17, 15) is 8.42 Å². The van der Waals surface area contributed by atoms with Crippen LogP contribution in [0.1, 0.15) is 12.5 Å². The zero-order chi connectivity index (χ0) is 12.3. The Kier molecular flexibility index (Phi) is 3.93. The van der Waals surface area contributed by atoms with E-state index in [4.69, 9.17) is 5.11 Å². The Morgan fingerprint density at radius 1 is 1.31 bits per heavy atom. The molecule has 90 valence electrons. The number of aryl methyl sites for hydroxylation is 1. The molecule has 0 aliphatic carbocycles. The fraction of sp³-hybridized carbons (Fsp3) is 0.455. The van der Waals surface area contributed by atoms with Gasteiger partial charge in [-0.25, -0.2) is 8.42 Å². The second-order valence-electron chi connectivity index (χ2n) is 3.84. The summed E-state index contributed by atoms with van der Waals surface area (Å²) in [4.78, 5) is 0. The molecule has 0 aromatic heterocycles. The Morgan fingerprint density at radius 3 is 2.25 bits per heavy atom. The van der Waals surface area contributed by atoms with E-state index < -0.39 is 15.3 Å². The van der Waals surface area contributed by atoms with Gasteiger partial charge in [-0.2, -0.15) is 0 Å². The number of hydrogen-bond donors (Lipinski definition) is 1. The summed E-state index contributed by atoms with van der Waals surface area (Å²) in [6.07, 6.45) is 0. The van der Waals surface area contributed by atoms with Crippen LogP contribution in [-0.2, 0) is 10.0 Å². The van der Waals surface area contributed by atoms with Crippen molar-refractivity contribution in [3.8, 4) is 0 Å². The molecule has 0 saturated heterocycles. The largest absolute Gasteiger partial charge is 0.395 e. The normalized spacial score (nSPS) is 13.5. The lowest BCUT2D eigenvalue weighted by atomic mass is 10.2. The molecular weight excluding hydrogens is 226 g/mol. The van der Waals surface area contributed by atoms with Gasteiger partial charge < -0.3 is 5.11 Å². The molecule has 0 fully saturated rings. The van der Waals surface area contributed by atoms with Gasteiger partial charge in [0.05, 0.1) is 12.3 Å². The number of hydrogen-bond acceptors (Lipinski definition) is 3. The van der Waals surface area contributed by atoms with Crippen LogP contribution in [0.5, 0.6) is 0 Å². The third-order valence-corrected chi connectivity index (χ3v) is 4.69. The quantitative estimate of drug-likeness (QED) is 0.862. The van der Waals surface area contributed by atoms with Crippen molar-refractivity contribution in [2.24, 2.45) is 0 Å². The first-order chi connectivity index (χ1) is 7.39. The summed E-state index contributed by atoms with van der Waals surface area (Å²) >= 11 is 0. The summed E-state index contributed by atoms with van der Waals surface area (Å²) in [5.41, 5.74) is 1.68. The minimum atomic E-state index is -3.47. The molecule has 0 spiro atoms. The minimum Gasteiger partial charge on any atom is -0.395 e. The van der Waals surface area contributed by atoms with E-state index in [0.717, 1.165) is 5.56 Å². The maximum Gasteiger partial charge on any atom is 0.239 e. The predicted molar refractivity (Wildman–Crippen MR) is 65.0 cm³/mol. The molecule has 1 rings (SSSR count). The Hall–Kier alpha value is -1.07. The fourth-order valence-corrected chi connectivity index (χ4v) is 2.41. The van der Waals surface area contributed by atoms with Crippen LogP contribution in [0.15, 0.2) is 24.3 Å². The van der Waals surface area contributed by atoms with E-state index in [-0.39, 0.29) is 6.61 Å². The molecule has 0 aliphatic rings. The first-order valence-electron chi connectivity index (χ1n) is 5.05. The Morgan fingerprint density at radius 2 is 1.81 bits per heavy atom. The molecule has 0 aliphatic heterocycles. The number of rotatable bonds is 4. The topological polar surface area (TPSA) is 57.6 Å². The maximum atomic E-state index is 11.9. The molecule has 0 bridgehead atoms. The number of aliphatic hydroxyl groups is 1. The van der Waals surface area contributed by atoms with Crippen molar-refractivity contribution in [2.45, 2.75) is 19.1 Å². The van der Waals surface area contributed by atoms with E-state index in [2.05, 4.69) is 0 Å². The Labute approximate surface area is 96.6 Å². The predicted octanol–water partition coefficient (Wildman–Crippen LogP) is 1.14. The van der Waals surface area contributed by atoms with Crippen molar-refractivity contribution < 1.29 is 13.5 Å². The van der Waals surface area contributed by atoms with Gasteiger partial charge in [0.15, 0.2) is 0 Å². The first-order valence-corrected chi connectivity index (χ1v) is 6.55. The van der Waals surface area contributed by atoms with E-state index in [1.165, 1.54) is 18.3 Å².